The zero-order chi connectivity index (χ0) is 13.2. The highest BCUT2D eigenvalue weighted by atomic mass is 19.4. The molecule has 0 heterocycles. The fraction of sp³-hybridized carbons (Fsp3) is 0.300. The second-order valence-corrected chi connectivity index (χ2v) is 3.14. The first kappa shape index (κ1) is 13.3. The molecular weight excluding hydrogens is 242 g/mol. The van der Waals surface area contributed by atoms with E-state index in [1.165, 1.54) is 6.92 Å². The van der Waals surface area contributed by atoms with Gasteiger partial charge in [0, 0.05) is 0 Å². The number of hydrogen-bond donors (Lipinski definition) is 1. The predicted octanol–water partition coefficient (Wildman–Crippen LogP) is 2.60. The van der Waals surface area contributed by atoms with Gasteiger partial charge >= 0.3 is 12.1 Å². The Bertz CT molecular complexity index is 443. The van der Waals surface area contributed by atoms with Crippen LogP contribution in [0.1, 0.15) is 22.8 Å². The summed E-state index contributed by atoms with van der Waals surface area (Å²) in [5.74, 6) is -2.33. The van der Waals surface area contributed by atoms with Crippen molar-refractivity contribution in [1.29, 1.82) is 0 Å². The van der Waals surface area contributed by atoms with Gasteiger partial charge in [0.15, 0.2) is 0 Å². The molecule has 1 rings (SSSR count). The molecule has 3 nitrogen and oxygen atoms in total. The van der Waals surface area contributed by atoms with Crippen molar-refractivity contribution in [2.24, 2.45) is 0 Å². The van der Waals surface area contributed by atoms with Gasteiger partial charge in [-0.3, -0.25) is 0 Å². The lowest BCUT2D eigenvalue weighted by atomic mass is 10.1. The third kappa shape index (κ3) is 2.86. The molecule has 0 saturated carbocycles. The molecule has 0 radical (unpaired) electrons. The van der Waals surface area contributed by atoms with Crippen LogP contribution in [0.3, 0.4) is 0 Å². The van der Waals surface area contributed by atoms with Crippen molar-refractivity contribution >= 4 is 11.7 Å². The minimum absolute atomic E-state index is 0.0216. The van der Waals surface area contributed by atoms with E-state index in [4.69, 9.17) is 5.73 Å². The van der Waals surface area contributed by atoms with Crippen LogP contribution in [-0.4, -0.2) is 12.6 Å². The van der Waals surface area contributed by atoms with E-state index in [1.54, 1.807) is 0 Å². The summed E-state index contributed by atoms with van der Waals surface area (Å²) in [6, 6.07) is 1.08. The summed E-state index contributed by atoms with van der Waals surface area (Å²) in [5, 5.41) is 0. The molecule has 0 aromatic heterocycles. The number of hydrogen-bond acceptors (Lipinski definition) is 3. The normalized spacial score (nSPS) is 11.4. The molecule has 94 valence electrons. The number of alkyl halides is 3. The third-order valence-corrected chi connectivity index (χ3v) is 1.95. The molecule has 0 aliphatic carbocycles. The van der Waals surface area contributed by atoms with E-state index < -0.39 is 34.8 Å². The Labute approximate surface area is 94.2 Å². The van der Waals surface area contributed by atoms with Gasteiger partial charge in [-0.2, -0.15) is 13.2 Å². The standard InChI is InChI=1S/C10H9F4NO2/c1-2-17-9(16)5-3-6(10(12,13)14)8(15)7(11)4-5/h3-4H,2,15H2,1H3. The smallest absolute Gasteiger partial charge is 0.418 e. The SMILES string of the molecule is CCOC(=O)c1cc(F)c(N)c(C(F)(F)F)c1. The molecule has 1 aromatic carbocycles. The monoisotopic (exact) mass is 251 g/mol. The third-order valence-electron chi connectivity index (χ3n) is 1.95. The fourth-order valence-corrected chi connectivity index (χ4v) is 1.18. The number of carbonyl (C=O) groups excluding carboxylic acids is 1. The zero-order valence-electron chi connectivity index (χ0n) is 8.77. The average molecular weight is 251 g/mol. The summed E-state index contributed by atoms with van der Waals surface area (Å²) in [6.45, 7) is 1.46. The minimum atomic E-state index is -4.83. The summed E-state index contributed by atoms with van der Waals surface area (Å²) < 4.78 is 55.0. The number of halogens is 4. The Balaban J connectivity index is 3.29. The van der Waals surface area contributed by atoms with E-state index in [1.807, 2.05) is 0 Å². The predicted molar refractivity (Wildman–Crippen MR) is 51.8 cm³/mol. The number of carbonyl (C=O) groups is 1. The van der Waals surface area contributed by atoms with E-state index in [0.29, 0.717) is 12.1 Å². The van der Waals surface area contributed by atoms with Gasteiger partial charge in [0.25, 0.3) is 0 Å². The van der Waals surface area contributed by atoms with Gasteiger partial charge in [0.05, 0.1) is 23.4 Å². The van der Waals surface area contributed by atoms with Gasteiger partial charge in [-0.05, 0) is 19.1 Å². The van der Waals surface area contributed by atoms with E-state index in [0.717, 1.165) is 0 Å². The number of nitrogen functional groups attached to an aromatic ring is 1. The van der Waals surface area contributed by atoms with Crippen LogP contribution >= 0.6 is 0 Å². The van der Waals surface area contributed by atoms with Gasteiger partial charge in [-0.1, -0.05) is 0 Å². The fourth-order valence-electron chi connectivity index (χ4n) is 1.18. The number of esters is 1. The van der Waals surface area contributed by atoms with Gasteiger partial charge < -0.3 is 10.5 Å². The van der Waals surface area contributed by atoms with E-state index >= 15 is 0 Å². The first-order valence-electron chi connectivity index (χ1n) is 4.60. The molecule has 0 saturated heterocycles. The summed E-state index contributed by atoms with van der Waals surface area (Å²) in [4.78, 5) is 11.2. The topological polar surface area (TPSA) is 52.3 Å². The van der Waals surface area contributed by atoms with E-state index in [9.17, 15) is 22.4 Å². The Morgan fingerprint density at radius 3 is 2.47 bits per heavy atom. The maximum atomic E-state index is 13.1. The van der Waals surface area contributed by atoms with E-state index in [2.05, 4.69) is 4.74 Å². The van der Waals surface area contributed by atoms with Crippen LogP contribution in [0.25, 0.3) is 0 Å². The van der Waals surface area contributed by atoms with Crippen molar-refractivity contribution in [1.82, 2.24) is 0 Å². The summed E-state index contributed by atoms with van der Waals surface area (Å²) in [7, 11) is 0. The lowest BCUT2D eigenvalue weighted by Crippen LogP contribution is -2.14. The molecule has 0 spiro atoms. The molecule has 17 heavy (non-hydrogen) atoms. The largest absolute Gasteiger partial charge is 0.462 e. The first-order chi connectivity index (χ1) is 7.77. The van der Waals surface area contributed by atoms with Gasteiger partial charge in [0.1, 0.15) is 5.82 Å². The number of rotatable bonds is 2. The molecule has 7 heteroatoms. The second-order valence-electron chi connectivity index (χ2n) is 3.14. The highest BCUT2D eigenvalue weighted by molar-refractivity contribution is 5.90. The van der Waals surface area contributed by atoms with Crippen LogP contribution in [0, 0.1) is 5.82 Å². The Kier molecular flexibility index (Phi) is 3.59. The lowest BCUT2D eigenvalue weighted by molar-refractivity contribution is -0.137. The van der Waals surface area contributed by atoms with Crippen molar-refractivity contribution in [2.45, 2.75) is 13.1 Å². The van der Waals surface area contributed by atoms with Crippen molar-refractivity contribution < 1.29 is 27.1 Å². The molecule has 2 N–H and O–H groups in total. The van der Waals surface area contributed by atoms with Crippen LogP contribution in [0.15, 0.2) is 12.1 Å². The number of anilines is 1. The Morgan fingerprint density at radius 2 is 2.00 bits per heavy atom. The summed E-state index contributed by atoms with van der Waals surface area (Å²) in [6.07, 6.45) is -4.83. The summed E-state index contributed by atoms with van der Waals surface area (Å²) >= 11 is 0. The molecule has 0 unspecified atom stereocenters. The van der Waals surface area contributed by atoms with Gasteiger partial charge in [0.2, 0.25) is 0 Å². The lowest BCUT2D eigenvalue weighted by Gasteiger charge is -2.12. The molecule has 0 bridgehead atoms. The first-order valence-corrected chi connectivity index (χ1v) is 4.60. The number of ether oxygens (including phenoxy) is 1. The minimum Gasteiger partial charge on any atom is -0.462 e. The Morgan fingerprint density at radius 1 is 1.41 bits per heavy atom. The number of benzene rings is 1. The molecule has 0 amide bonds. The zero-order valence-corrected chi connectivity index (χ0v) is 8.77. The van der Waals surface area contributed by atoms with Crippen molar-refractivity contribution in [3.05, 3.63) is 29.1 Å². The van der Waals surface area contributed by atoms with Crippen LogP contribution in [0.5, 0.6) is 0 Å². The highest BCUT2D eigenvalue weighted by Gasteiger charge is 2.35. The Hall–Kier alpha value is -1.79. The summed E-state index contributed by atoms with van der Waals surface area (Å²) in [5.41, 5.74) is 2.02. The molecule has 1 aromatic rings. The van der Waals surface area contributed by atoms with E-state index in [-0.39, 0.29) is 6.61 Å². The van der Waals surface area contributed by atoms with Crippen LogP contribution in [0.4, 0.5) is 23.2 Å². The van der Waals surface area contributed by atoms with Crippen LogP contribution < -0.4 is 5.73 Å². The second kappa shape index (κ2) is 4.60. The van der Waals surface area contributed by atoms with Crippen LogP contribution in [-0.2, 0) is 10.9 Å². The van der Waals surface area contributed by atoms with Crippen molar-refractivity contribution in [3.8, 4) is 0 Å². The molecule has 0 aliphatic rings. The molecular formula is C10H9F4NO2. The average Bonchev–Trinajstić information content (AvgIpc) is 2.20. The van der Waals surface area contributed by atoms with Crippen LogP contribution in [0.2, 0.25) is 0 Å². The number of nitrogens with two attached hydrogens (primary N) is 1. The quantitative estimate of drug-likeness (QED) is 0.499. The molecule has 0 aliphatic heterocycles. The highest BCUT2D eigenvalue weighted by Crippen LogP contribution is 2.35. The van der Waals surface area contributed by atoms with Crippen molar-refractivity contribution in [2.75, 3.05) is 12.3 Å². The molecule has 0 atom stereocenters. The van der Waals surface area contributed by atoms with Crippen molar-refractivity contribution in [3.63, 3.8) is 0 Å². The maximum absolute atomic E-state index is 13.1. The van der Waals surface area contributed by atoms with Gasteiger partial charge in [-0.15, -0.1) is 0 Å². The maximum Gasteiger partial charge on any atom is 0.418 e. The van der Waals surface area contributed by atoms with Gasteiger partial charge in [-0.25, -0.2) is 9.18 Å². The molecule has 0 fully saturated rings.